The number of hydrazone groups is 1. The van der Waals surface area contributed by atoms with Gasteiger partial charge in [-0.3, -0.25) is 4.79 Å². The number of hydrogen-bond acceptors (Lipinski definition) is 2. The maximum atomic E-state index is 12.5. The van der Waals surface area contributed by atoms with Gasteiger partial charge in [-0.1, -0.05) is 60.7 Å². The minimum Gasteiger partial charge on any atom is -0.272 e. The lowest BCUT2D eigenvalue weighted by molar-refractivity contribution is -0.130. The molecule has 2 atom stereocenters. The van der Waals surface area contributed by atoms with E-state index in [2.05, 4.69) is 30.3 Å². The molecule has 4 rings (SSSR count). The van der Waals surface area contributed by atoms with Crippen LogP contribution in [0.2, 0.25) is 0 Å². The molecule has 3 nitrogen and oxygen atoms in total. The number of amides is 1. The zero-order valence-electron chi connectivity index (χ0n) is 14.5. The molecular weight excluding hydrogens is 344 g/mol. The summed E-state index contributed by atoms with van der Waals surface area (Å²) in [5, 5.41) is 6.38. The number of fused-ring (bicyclic) bond motifs is 1. The monoisotopic (exact) mass is 364 g/mol. The Morgan fingerprint density at radius 1 is 1.12 bits per heavy atom. The van der Waals surface area contributed by atoms with Crippen LogP contribution in [0, 0.1) is 5.92 Å². The third-order valence-electron chi connectivity index (χ3n) is 5.15. The van der Waals surface area contributed by atoms with Gasteiger partial charge in [0.15, 0.2) is 0 Å². The molecule has 1 aliphatic carbocycles. The van der Waals surface area contributed by atoms with Gasteiger partial charge < -0.3 is 0 Å². The fraction of sp³-hybridized carbons (Fsp3) is 0.273. The topological polar surface area (TPSA) is 32.7 Å². The quantitative estimate of drug-likeness (QED) is 0.701. The Labute approximate surface area is 159 Å². The van der Waals surface area contributed by atoms with Gasteiger partial charge in [0.05, 0.1) is 11.8 Å². The summed E-state index contributed by atoms with van der Waals surface area (Å²) in [7, 11) is 0. The van der Waals surface area contributed by atoms with E-state index in [1.807, 2.05) is 36.4 Å². The van der Waals surface area contributed by atoms with Crippen molar-refractivity contribution in [1.82, 2.24) is 5.01 Å². The summed E-state index contributed by atoms with van der Waals surface area (Å²) in [6, 6.07) is 20.4. The largest absolute Gasteiger partial charge is 0.272 e. The molecule has 1 fully saturated rings. The number of rotatable bonds is 3. The van der Waals surface area contributed by atoms with Crippen molar-refractivity contribution in [2.45, 2.75) is 25.3 Å². The van der Waals surface area contributed by atoms with E-state index in [4.69, 9.17) is 16.7 Å². The van der Waals surface area contributed by atoms with Gasteiger partial charge in [0.2, 0.25) is 0 Å². The molecule has 2 unspecified atom stereocenters. The molecule has 0 radical (unpaired) electrons. The Balaban J connectivity index is 1.74. The second-order valence-corrected chi connectivity index (χ2v) is 7.06. The Morgan fingerprint density at radius 2 is 1.81 bits per heavy atom. The van der Waals surface area contributed by atoms with Gasteiger partial charge in [-0.2, -0.15) is 5.10 Å². The number of halogens is 1. The first kappa shape index (κ1) is 17.0. The van der Waals surface area contributed by atoms with E-state index in [9.17, 15) is 4.79 Å². The number of benzene rings is 2. The number of alkyl halides is 1. The highest BCUT2D eigenvalue weighted by Crippen LogP contribution is 2.44. The van der Waals surface area contributed by atoms with Gasteiger partial charge in [-0.05, 0) is 42.0 Å². The Kier molecular flexibility index (Phi) is 4.89. The van der Waals surface area contributed by atoms with Crippen molar-refractivity contribution in [1.29, 1.82) is 0 Å². The number of carbonyl (C=O) groups excluding carboxylic acids is 1. The van der Waals surface area contributed by atoms with Crippen LogP contribution in [0.3, 0.4) is 0 Å². The second kappa shape index (κ2) is 7.46. The van der Waals surface area contributed by atoms with Crippen molar-refractivity contribution in [2.24, 2.45) is 11.0 Å². The van der Waals surface area contributed by atoms with Crippen LogP contribution in [-0.2, 0) is 4.79 Å². The summed E-state index contributed by atoms with van der Waals surface area (Å²) >= 11 is 5.87. The van der Waals surface area contributed by atoms with Crippen molar-refractivity contribution >= 4 is 29.3 Å². The van der Waals surface area contributed by atoms with Crippen molar-refractivity contribution in [3.8, 4) is 0 Å². The Hall–Kier alpha value is -2.39. The standard InChI is InChI=1S/C22H21ClN2O/c23-15-20(26)25-22(17-10-5-2-6-11-17)19-13-7-12-18(21(19)24-25)14-16-8-3-1-4-9-16/h1-6,8-11,14,19,22H,7,12-13,15H2. The molecule has 0 N–H and O–H groups in total. The molecule has 2 aliphatic rings. The molecule has 4 heteroatoms. The van der Waals surface area contributed by atoms with Gasteiger partial charge in [-0.25, -0.2) is 5.01 Å². The molecule has 0 saturated heterocycles. The van der Waals surface area contributed by atoms with Crippen molar-refractivity contribution in [3.63, 3.8) is 0 Å². The first-order chi connectivity index (χ1) is 12.8. The van der Waals surface area contributed by atoms with E-state index in [0.717, 1.165) is 30.5 Å². The number of hydrogen-bond donors (Lipinski definition) is 0. The molecule has 132 valence electrons. The minimum absolute atomic E-state index is 0.0510. The SMILES string of the molecule is O=C(CCl)N1N=C2C(=Cc3ccccc3)CCCC2C1c1ccccc1. The molecule has 1 saturated carbocycles. The van der Waals surface area contributed by atoms with Gasteiger partial charge in [0, 0.05) is 5.92 Å². The fourth-order valence-corrected chi connectivity index (χ4v) is 4.12. The summed E-state index contributed by atoms with van der Waals surface area (Å²) in [5.41, 5.74) is 4.57. The van der Waals surface area contributed by atoms with Crippen LogP contribution in [0.15, 0.2) is 71.3 Å². The average molecular weight is 365 g/mol. The maximum absolute atomic E-state index is 12.5. The van der Waals surface area contributed by atoms with Gasteiger partial charge >= 0.3 is 0 Å². The molecule has 26 heavy (non-hydrogen) atoms. The molecule has 1 amide bonds. The van der Waals surface area contributed by atoms with E-state index in [0.29, 0.717) is 0 Å². The smallest absolute Gasteiger partial charge is 0.258 e. The zero-order valence-corrected chi connectivity index (χ0v) is 15.3. The van der Waals surface area contributed by atoms with E-state index in [1.54, 1.807) is 5.01 Å². The van der Waals surface area contributed by atoms with E-state index < -0.39 is 0 Å². The summed E-state index contributed by atoms with van der Waals surface area (Å²) in [5.74, 6) is 0.0413. The summed E-state index contributed by atoms with van der Waals surface area (Å²) in [6.07, 6.45) is 5.35. The highest BCUT2D eigenvalue weighted by atomic mass is 35.5. The fourth-order valence-electron chi connectivity index (χ4n) is 4.00. The second-order valence-electron chi connectivity index (χ2n) is 6.79. The van der Waals surface area contributed by atoms with E-state index >= 15 is 0 Å². The summed E-state index contributed by atoms with van der Waals surface area (Å²) in [4.78, 5) is 12.5. The number of nitrogens with zero attached hydrogens (tertiary/aromatic N) is 2. The lowest BCUT2D eigenvalue weighted by Crippen LogP contribution is -2.32. The third kappa shape index (κ3) is 3.19. The lowest BCUT2D eigenvalue weighted by Gasteiger charge is -2.29. The van der Waals surface area contributed by atoms with E-state index in [-0.39, 0.29) is 23.7 Å². The minimum atomic E-state index is -0.138. The lowest BCUT2D eigenvalue weighted by atomic mass is 9.77. The van der Waals surface area contributed by atoms with Crippen LogP contribution in [0.5, 0.6) is 0 Å². The van der Waals surface area contributed by atoms with Crippen LogP contribution in [0.4, 0.5) is 0 Å². The average Bonchev–Trinajstić information content (AvgIpc) is 3.09. The highest BCUT2D eigenvalue weighted by molar-refractivity contribution is 6.27. The van der Waals surface area contributed by atoms with Gasteiger partial charge in [0.25, 0.3) is 5.91 Å². The van der Waals surface area contributed by atoms with Crippen molar-refractivity contribution in [2.75, 3.05) is 5.88 Å². The molecule has 1 heterocycles. The maximum Gasteiger partial charge on any atom is 0.258 e. The molecule has 0 bridgehead atoms. The van der Waals surface area contributed by atoms with Crippen LogP contribution in [0.25, 0.3) is 6.08 Å². The van der Waals surface area contributed by atoms with Gasteiger partial charge in [-0.15, -0.1) is 11.6 Å². The summed E-state index contributed by atoms with van der Waals surface area (Å²) < 4.78 is 0. The van der Waals surface area contributed by atoms with Crippen molar-refractivity contribution in [3.05, 3.63) is 77.4 Å². The normalized spacial score (nSPS) is 23.7. The molecule has 1 aliphatic heterocycles. The predicted molar refractivity (Wildman–Crippen MR) is 106 cm³/mol. The van der Waals surface area contributed by atoms with Crippen LogP contribution in [-0.4, -0.2) is 22.5 Å². The Bertz CT molecular complexity index is 845. The third-order valence-corrected chi connectivity index (χ3v) is 5.38. The van der Waals surface area contributed by atoms with Crippen molar-refractivity contribution < 1.29 is 4.79 Å². The molecule has 2 aromatic rings. The van der Waals surface area contributed by atoms with Gasteiger partial charge in [0.1, 0.15) is 5.88 Å². The van der Waals surface area contributed by atoms with E-state index in [1.165, 1.54) is 11.1 Å². The van der Waals surface area contributed by atoms with Crippen LogP contribution < -0.4 is 0 Å². The van der Waals surface area contributed by atoms with Crippen LogP contribution in [0.1, 0.15) is 36.4 Å². The summed E-state index contributed by atoms with van der Waals surface area (Å²) in [6.45, 7) is 0. The molecule has 2 aromatic carbocycles. The highest BCUT2D eigenvalue weighted by Gasteiger charge is 2.43. The number of allylic oxidation sites excluding steroid dienone is 1. The first-order valence-corrected chi connectivity index (χ1v) is 9.59. The van der Waals surface area contributed by atoms with Crippen LogP contribution >= 0.6 is 11.6 Å². The molecular formula is C22H21ClN2O. The predicted octanol–water partition coefficient (Wildman–Crippen LogP) is 5.05. The Morgan fingerprint density at radius 3 is 2.50 bits per heavy atom. The molecule has 0 aromatic heterocycles. The first-order valence-electron chi connectivity index (χ1n) is 9.05. The molecule has 0 spiro atoms. The zero-order chi connectivity index (χ0) is 17.9. The number of carbonyl (C=O) groups is 1.